The van der Waals surface area contributed by atoms with Crippen molar-refractivity contribution in [1.29, 1.82) is 0 Å². The summed E-state index contributed by atoms with van der Waals surface area (Å²) < 4.78 is 12.0. The van der Waals surface area contributed by atoms with Crippen molar-refractivity contribution in [1.82, 2.24) is 15.3 Å². The molecule has 1 fully saturated rings. The summed E-state index contributed by atoms with van der Waals surface area (Å²) >= 11 is 0. The van der Waals surface area contributed by atoms with Gasteiger partial charge in [0.1, 0.15) is 6.61 Å². The topological polar surface area (TPSA) is 76.5 Å². The van der Waals surface area contributed by atoms with E-state index in [4.69, 9.17) is 14.6 Å². The summed E-state index contributed by atoms with van der Waals surface area (Å²) in [5.74, 6) is 11.7. The van der Waals surface area contributed by atoms with Gasteiger partial charge in [0.25, 0.3) is 0 Å². The minimum atomic E-state index is -0.0745. The number of nitrogens with zero attached hydrogens (tertiary/aromatic N) is 2. The summed E-state index contributed by atoms with van der Waals surface area (Å²) in [7, 11) is 0. The van der Waals surface area contributed by atoms with Crippen LogP contribution >= 0.6 is 0 Å². The van der Waals surface area contributed by atoms with Crippen LogP contribution in [-0.2, 0) is 11.3 Å². The maximum atomic E-state index is 8.35. The number of hydrogen-bond donors (Lipinski definition) is 2. The Balaban J connectivity index is 0.000000328. The third-order valence-electron chi connectivity index (χ3n) is 7.15. The second-order valence-electron chi connectivity index (χ2n) is 10.2. The molecule has 0 saturated carbocycles. The van der Waals surface area contributed by atoms with Gasteiger partial charge in [-0.05, 0) is 65.2 Å². The lowest BCUT2D eigenvalue weighted by Gasteiger charge is -2.32. The van der Waals surface area contributed by atoms with Crippen LogP contribution in [0.2, 0.25) is 0 Å². The zero-order chi connectivity index (χ0) is 30.2. The second-order valence-corrected chi connectivity index (χ2v) is 10.2. The third kappa shape index (κ3) is 9.26. The predicted octanol–water partition coefficient (Wildman–Crippen LogP) is 5.75. The maximum absolute atomic E-state index is 8.35. The number of aliphatic hydroxyl groups is 1. The molecule has 220 valence electrons. The minimum Gasteiger partial charge on any atom is -0.450 e. The molecule has 6 heteroatoms. The first-order valence-electron chi connectivity index (χ1n) is 14.7. The Morgan fingerprint density at radius 2 is 1.43 bits per heavy atom. The second kappa shape index (κ2) is 16.6. The number of rotatable bonds is 6. The number of aromatic nitrogens is 2. The molecule has 2 N–H and O–H groups in total. The highest BCUT2D eigenvalue weighted by Gasteiger charge is 2.28. The summed E-state index contributed by atoms with van der Waals surface area (Å²) in [4.78, 5) is 8.82. The summed E-state index contributed by atoms with van der Waals surface area (Å²) in [5.41, 5.74) is 4.16. The first-order valence-corrected chi connectivity index (χ1v) is 14.7. The van der Waals surface area contributed by atoms with Crippen molar-refractivity contribution in [2.75, 3.05) is 26.3 Å². The van der Waals surface area contributed by atoms with Gasteiger partial charge in [0, 0.05) is 36.0 Å². The number of nitrogens with one attached hydrogen (secondary N) is 1. The van der Waals surface area contributed by atoms with Gasteiger partial charge in [-0.25, -0.2) is 9.97 Å². The molecule has 1 aliphatic heterocycles. The van der Waals surface area contributed by atoms with E-state index < -0.39 is 0 Å². The number of aliphatic hydroxyl groups excluding tert-OH is 1. The van der Waals surface area contributed by atoms with Crippen LogP contribution in [-0.4, -0.2) is 47.5 Å². The highest BCUT2D eigenvalue weighted by atomic mass is 16.5. The van der Waals surface area contributed by atoms with E-state index in [9.17, 15) is 0 Å². The molecule has 0 radical (unpaired) electrons. The lowest BCUT2D eigenvalue weighted by molar-refractivity contribution is 0.0105. The average molecular weight is 582 g/mol. The van der Waals surface area contributed by atoms with E-state index in [2.05, 4.69) is 81.4 Å². The Morgan fingerprint density at radius 1 is 0.773 bits per heavy atom. The highest BCUT2D eigenvalue weighted by molar-refractivity contribution is 5.82. The van der Waals surface area contributed by atoms with E-state index in [1.54, 1.807) is 0 Å². The van der Waals surface area contributed by atoms with Gasteiger partial charge in [0.05, 0.1) is 12.7 Å². The predicted molar refractivity (Wildman–Crippen MR) is 174 cm³/mol. The summed E-state index contributed by atoms with van der Waals surface area (Å²) in [6, 6.07) is 34.7. The Labute approximate surface area is 259 Å². The van der Waals surface area contributed by atoms with Crippen LogP contribution in [0.15, 0.2) is 116 Å². The van der Waals surface area contributed by atoms with Crippen LogP contribution in [0.1, 0.15) is 34.6 Å². The summed E-state index contributed by atoms with van der Waals surface area (Å²) in [6.07, 6.45) is 4.76. The van der Waals surface area contributed by atoms with Crippen LogP contribution in [0.3, 0.4) is 0 Å². The number of piperidine rings is 1. The molecule has 1 saturated heterocycles. The molecule has 0 bridgehead atoms. The molecule has 2 heterocycles. The Morgan fingerprint density at radius 3 is 2.14 bits per heavy atom. The van der Waals surface area contributed by atoms with Crippen LogP contribution in [0.4, 0.5) is 0 Å². The van der Waals surface area contributed by atoms with E-state index in [0.717, 1.165) is 36.2 Å². The quantitative estimate of drug-likeness (QED) is 0.249. The molecule has 2 atom stereocenters. The molecule has 2 unspecified atom stereocenters. The standard InChI is InChI=1S/C29H27N3O2.C9H8O/c1-2-7-22(8-3-1)9-6-16-33-29-31-18-26(19-32-29)27-14-15-30-20-28(27)34-21-23-12-13-24-10-4-5-11-25(24)17-23;10-8-4-7-9-5-2-1-3-6-9/h1-5,7-8,10-13,17-19,27-28,30H,14-16,20-21H2;1-3,5-6,10H,8H2. The maximum Gasteiger partial charge on any atom is 0.317 e. The largest absolute Gasteiger partial charge is 0.450 e. The Kier molecular flexibility index (Phi) is 11.5. The molecule has 4 aromatic carbocycles. The van der Waals surface area contributed by atoms with Crippen LogP contribution in [0.25, 0.3) is 10.8 Å². The zero-order valence-electron chi connectivity index (χ0n) is 24.5. The summed E-state index contributed by atoms with van der Waals surface area (Å²) in [6.45, 7) is 2.52. The molecule has 0 spiro atoms. The minimum absolute atomic E-state index is 0.0623. The van der Waals surface area contributed by atoms with Crippen LogP contribution in [0.5, 0.6) is 6.01 Å². The van der Waals surface area contributed by atoms with E-state index in [-0.39, 0.29) is 25.2 Å². The SMILES string of the molecule is C(#Cc1ccccc1)COc1ncc(C2CCNCC2OCc2ccc3ccccc3c2)cn1.OCC#Cc1ccccc1. The molecule has 5 aromatic rings. The number of fused-ring (bicyclic) bond motifs is 1. The molecule has 0 aliphatic carbocycles. The van der Waals surface area contributed by atoms with Gasteiger partial charge in [-0.15, -0.1) is 0 Å². The molecular formula is C38H35N3O3. The molecule has 6 rings (SSSR count). The number of benzene rings is 4. The Hall–Kier alpha value is -4.98. The van der Waals surface area contributed by atoms with Gasteiger partial charge < -0.3 is 19.9 Å². The van der Waals surface area contributed by atoms with Gasteiger partial charge in [-0.2, -0.15) is 0 Å². The van der Waals surface area contributed by atoms with Crippen molar-refractivity contribution >= 4 is 10.8 Å². The fraction of sp³-hybridized carbons (Fsp3) is 0.211. The van der Waals surface area contributed by atoms with E-state index in [1.165, 1.54) is 16.3 Å². The van der Waals surface area contributed by atoms with E-state index in [1.807, 2.05) is 73.1 Å². The lowest BCUT2D eigenvalue weighted by atomic mass is 9.89. The highest BCUT2D eigenvalue weighted by Crippen LogP contribution is 2.28. The van der Waals surface area contributed by atoms with Gasteiger partial charge in [0.15, 0.2) is 6.61 Å². The van der Waals surface area contributed by atoms with Crippen molar-refractivity contribution in [3.8, 4) is 29.7 Å². The lowest BCUT2D eigenvalue weighted by Crippen LogP contribution is -2.41. The van der Waals surface area contributed by atoms with Crippen molar-refractivity contribution < 1.29 is 14.6 Å². The van der Waals surface area contributed by atoms with Gasteiger partial charge in [0.2, 0.25) is 0 Å². The molecule has 1 aromatic heterocycles. The van der Waals surface area contributed by atoms with Crippen molar-refractivity contribution in [2.24, 2.45) is 0 Å². The molecule has 44 heavy (non-hydrogen) atoms. The van der Waals surface area contributed by atoms with Crippen LogP contribution < -0.4 is 10.1 Å². The Bertz CT molecular complexity index is 1720. The molecule has 0 amide bonds. The first kappa shape index (κ1) is 30.5. The molecule has 1 aliphatic rings. The normalized spacial score (nSPS) is 15.5. The smallest absolute Gasteiger partial charge is 0.317 e. The fourth-order valence-electron chi connectivity index (χ4n) is 4.93. The number of hydrogen-bond acceptors (Lipinski definition) is 6. The molecular weight excluding hydrogens is 546 g/mol. The van der Waals surface area contributed by atoms with E-state index in [0.29, 0.717) is 12.6 Å². The van der Waals surface area contributed by atoms with Gasteiger partial charge >= 0.3 is 6.01 Å². The van der Waals surface area contributed by atoms with Crippen molar-refractivity contribution in [3.05, 3.63) is 138 Å². The molecule has 6 nitrogen and oxygen atoms in total. The van der Waals surface area contributed by atoms with Crippen molar-refractivity contribution in [2.45, 2.75) is 25.0 Å². The monoisotopic (exact) mass is 581 g/mol. The average Bonchev–Trinajstić information content (AvgIpc) is 3.10. The van der Waals surface area contributed by atoms with Crippen LogP contribution in [0, 0.1) is 23.7 Å². The third-order valence-corrected chi connectivity index (χ3v) is 7.15. The number of ether oxygens (including phenoxy) is 2. The first-order chi connectivity index (χ1) is 21.8. The van der Waals surface area contributed by atoms with Gasteiger partial charge in [-0.1, -0.05) is 96.5 Å². The summed E-state index contributed by atoms with van der Waals surface area (Å²) in [5, 5.41) is 14.3. The van der Waals surface area contributed by atoms with Crippen molar-refractivity contribution in [3.63, 3.8) is 0 Å². The zero-order valence-corrected chi connectivity index (χ0v) is 24.5. The van der Waals surface area contributed by atoms with E-state index >= 15 is 0 Å². The van der Waals surface area contributed by atoms with Gasteiger partial charge in [-0.3, -0.25) is 0 Å². The fourth-order valence-corrected chi connectivity index (χ4v) is 4.93.